The van der Waals surface area contributed by atoms with E-state index in [9.17, 15) is 5.11 Å². The van der Waals surface area contributed by atoms with Crippen molar-refractivity contribution in [3.8, 4) is 0 Å². The Bertz CT molecular complexity index is 250. The molecule has 0 radical (unpaired) electrons. The predicted octanol–water partition coefficient (Wildman–Crippen LogP) is 2.80. The van der Waals surface area contributed by atoms with Gasteiger partial charge in [-0.3, -0.25) is 0 Å². The molecule has 0 spiro atoms. The number of ether oxygens (including phenoxy) is 3. The van der Waals surface area contributed by atoms with Crippen LogP contribution < -0.4 is 0 Å². The van der Waals surface area contributed by atoms with E-state index in [1.807, 2.05) is 13.8 Å². The minimum Gasteiger partial charge on any atom is -0.390 e. The Balaban J connectivity index is 0.000000370. The van der Waals surface area contributed by atoms with Gasteiger partial charge in [-0.25, -0.2) is 0 Å². The summed E-state index contributed by atoms with van der Waals surface area (Å²) in [6.07, 6.45) is 5.61. The molecule has 0 amide bonds. The van der Waals surface area contributed by atoms with Gasteiger partial charge >= 0.3 is 0 Å². The molecule has 4 nitrogen and oxygen atoms in total. The summed E-state index contributed by atoms with van der Waals surface area (Å²) in [7, 11) is 3.30. The zero-order valence-corrected chi connectivity index (χ0v) is 13.8. The highest BCUT2D eigenvalue weighted by molar-refractivity contribution is 5.04. The van der Waals surface area contributed by atoms with E-state index in [0.717, 1.165) is 19.3 Å². The van der Waals surface area contributed by atoms with Crippen LogP contribution in [0.25, 0.3) is 0 Å². The van der Waals surface area contributed by atoms with E-state index >= 15 is 0 Å². The van der Waals surface area contributed by atoms with E-state index in [2.05, 4.69) is 13.0 Å². The molecule has 0 fully saturated rings. The van der Waals surface area contributed by atoms with E-state index < -0.39 is 5.60 Å². The van der Waals surface area contributed by atoms with Gasteiger partial charge < -0.3 is 19.3 Å². The van der Waals surface area contributed by atoms with Crippen LogP contribution in [-0.4, -0.2) is 51.4 Å². The Labute approximate surface area is 124 Å². The van der Waals surface area contributed by atoms with Crippen LogP contribution >= 0.6 is 0 Å². The van der Waals surface area contributed by atoms with Gasteiger partial charge in [0.15, 0.2) is 0 Å². The molecule has 0 aromatic carbocycles. The summed E-state index contributed by atoms with van der Waals surface area (Å²) in [5.74, 6) is 0.464. The largest absolute Gasteiger partial charge is 0.390 e. The van der Waals surface area contributed by atoms with E-state index in [1.165, 1.54) is 5.57 Å². The fraction of sp³-hybridized carbons (Fsp3) is 0.875. The lowest BCUT2D eigenvalue weighted by Crippen LogP contribution is -2.31. The maximum Gasteiger partial charge on any atom is 0.0701 e. The van der Waals surface area contributed by atoms with Gasteiger partial charge in [-0.05, 0) is 46.0 Å². The molecule has 1 N–H and O–H groups in total. The third-order valence-corrected chi connectivity index (χ3v) is 3.50. The van der Waals surface area contributed by atoms with E-state index in [-0.39, 0.29) is 0 Å². The van der Waals surface area contributed by atoms with Gasteiger partial charge in [-0.15, -0.1) is 0 Å². The van der Waals surface area contributed by atoms with Gasteiger partial charge in [0.25, 0.3) is 0 Å². The van der Waals surface area contributed by atoms with Crippen LogP contribution in [0.1, 0.15) is 40.0 Å². The lowest BCUT2D eigenvalue weighted by Gasteiger charge is -2.31. The topological polar surface area (TPSA) is 47.9 Å². The number of hydrogen-bond acceptors (Lipinski definition) is 4. The summed E-state index contributed by atoms with van der Waals surface area (Å²) in [6.45, 7) is 8.60. The van der Waals surface area contributed by atoms with Gasteiger partial charge in [0, 0.05) is 14.2 Å². The standard InChI is InChI=1S/C10H18O.C6H14O3/c1-8-4-6-9(7-5-8)10(2,3)11;1-7-3-5-9-6-4-8-2/h4,9,11H,5-7H2,1-3H3;3-6H2,1-2H3. The minimum absolute atomic E-state index is 0.464. The Morgan fingerprint density at radius 1 is 1.15 bits per heavy atom. The second kappa shape index (κ2) is 11.3. The van der Waals surface area contributed by atoms with Crippen molar-refractivity contribution in [2.75, 3.05) is 40.6 Å². The molecule has 20 heavy (non-hydrogen) atoms. The molecule has 4 heteroatoms. The highest BCUT2D eigenvalue weighted by Crippen LogP contribution is 2.31. The van der Waals surface area contributed by atoms with Gasteiger partial charge in [0.2, 0.25) is 0 Å². The van der Waals surface area contributed by atoms with Gasteiger partial charge in [0.1, 0.15) is 0 Å². The number of hydrogen-bond donors (Lipinski definition) is 1. The lowest BCUT2D eigenvalue weighted by atomic mass is 9.80. The van der Waals surface area contributed by atoms with Crippen molar-refractivity contribution in [2.24, 2.45) is 5.92 Å². The van der Waals surface area contributed by atoms with E-state index in [1.54, 1.807) is 14.2 Å². The minimum atomic E-state index is -0.489. The van der Waals surface area contributed by atoms with Crippen molar-refractivity contribution < 1.29 is 19.3 Å². The molecule has 120 valence electrons. The first kappa shape index (κ1) is 19.6. The maximum absolute atomic E-state index is 9.70. The summed E-state index contributed by atoms with van der Waals surface area (Å²) in [5, 5.41) is 9.70. The Hall–Kier alpha value is -0.420. The summed E-state index contributed by atoms with van der Waals surface area (Å²) >= 11 is 0. The normalized spacial score (nSPS) is 19.1. The number of allylic oxidation sites excluding steroid dienone is 2. The molecular formula is C16H32O4. The number of aliphatic hydroxyl groups is 1. The SMILES string of the molecule is CC1=CCC(C(C)(C)O)CC1.COCCOCCOC. The Kier molecular flexibility index (Phi) is 11.0. The summed E-state index contributed by atoms with van der Waals surface area (Å²) < 4.78 is 14.6. The molecule has 1 atom stereocenters. The van der Waals surface area contributed by atoms with Crippen molar-refractivity contribution >= 4 is 0 Å². The first-order valence-electron chi connectivity index (χ1n) is 7.35. The zero-order valence-electron chi connectivity index (χ0n) is 13.8. The van der Waals surface area contributed by atoms with Crippen molar-refractivity contribution in [1.82, 2.24) is 0 Å². The summed E-state index contributed by atoms with van der Waals surface area (Å²) in [4.78, 5) is 0. The fourth-order valence-corrected chi connectivity index (χ4v) is 1.99. The monoisotopic (exact) mass is 288 g/mol. The highest BCUT2D eigenvalue weighted by Gasteiger charge is 2.27. The van der Waals surface area contributed by atoms with Crippen molar-refractivity contribution in [3.63, 3.8) is 0 Å². The first-order chi connectivity index (χ1) is 9.41. The average molecular weight is 288 g/mol. The molecule has 0 aromatic rings. The van der Waals surface area contributed by atoms with E-state index in [4.69, 9.17) is 14.2 Å². The van der Waals surface area contributed by atoms with Crippen molar-refractivity contribution in [2.45, 2.75) is 45.6 Å². The zero-order chi connectivity index (χ0) is 15.4. The van der Waals surface area contributed by atoms with Crippen LogP contribution in [0, 0.1) is 5.92 Å². The summed E-state index contributed by atoms with van der Waals surface area (Å²) in [5.41, 5.74) is 0.988. The van der Waals surface area contributed by atoms with Gasteiger partial charge in [0.05, 0.1) is 32.0 Å². The fourth-order valence-electron chi connectivity index (χ4n) is 1.99. The third kappa shape index (κ3) is 10.4. The highest BCUT2D eigenvalue weighted by atomic mass is 16.5. The van der Waals surface area contributed by atoms with Crippen molar-refractivity contribution in [1.29, 1.82) is 0 Å². The third-order valence-electron chi connectivity index (χ3n) is 3.50. The molecule has 0 saturated heterocycles. The quantitative estimate of drug-likeness (QED) is 0.578. The summed E-state index contributed by atoms with van der Waals surface area (Å²) in [6, 6.07) is 0. The van der Waals surface area contributed by atoms with Crippen LogP contribution in [0.3, 0.4) is 0 Å². The van der Waals surface area contributed by atoms with Gasteiger partial charge in [-0.2, -0.15) is 0 Å². The first-order valence-corrected chi connectivity index (χ1v) is 7.35. The molecule has 1 aliphatic carbocycles. The molecule has 0 bridgehead atoms. The Morgan fingerprint density at radius 3 is 2.05 bits per heavy atom. The maximum atomic E-state index is 9.70. The predicted molar refractivity (Wildman–Crippen MR) is 82.0 cm³/mol. The van der Waals surface area contributed by atoms with Crippen LogP contribution in [0.15, 0.2) is 11.6 Å². The molecule has 1 unspecified atom stereocenters. The molecular weight excluding hydrogens is 256 g/mol. The average Bonchev–Trinajstić information content (AvgIpc) is 2.39. The molecule has 0 heterocycles. The van der Waals surface area contributed by atoms with Crippen molar-refractivity contribution in [3.05, 3.63) is 11.6 Å². The molecule has 1 aliphatic rings. The smallest absolute Gasteiger partial charge is 0.0701 e. The Morgan fingerprint density at radius 2 is 1.70 bits per heavy atom. The lowest BCUT2D eigenvalue weighted by molar-refractivity contribution is 0.0126. The van der Waals surface area contributed by atoms with Gasteiger partial charge in [-0.1, -0.05) is 11.6 Å². The number of rotatable bonds is 7. The molecule has 0 aliphatic heterocycles. The van der Waals surface area contributed by atoms with Crippen LogP contribution in [0.5, 0.6) is 0 Å². The second-order valence-corrected chi connectivity index (χ2v) is 5.77. The van der Waals surface area contributed by atoms with E-state index in [0.29, 0.717) is 32.3 Å². The van der Waals surface area contributed by atoms with Crippen LogP contribution in [-0.2, 0) is 14.2 Å². The molecule has 0 saturated carbocycles. The van der Waals surface area contributed by atoms with Crippen LogP contribution in [0.4, 0.5) is 0 Å². The second-order valence-electron chi connectivity index (χ2n) is 5.77. The number of methoxy groups -OCH3 is 2. The van der Waals surface area contributed by atoms with Crippen LogP contribution in [0.2, 0.25) is 0 Å². The molecule has 0 aromatic heterocycles. The molecule has 1 rings (SSSR count).